The van der Waals surface area contributed by atoms with Gasteiger partial charge in [-0.15, -0.1) is 0 Å². The molecule has 0 bridgehead atoms. The van der Waals surface area contributed by atoms with Crippen molar-refractivity contribution in [3.63, 3.8) is 0 Å². The summed E-state index contributed by atoms with van der Waals surface area (Å²) in [7, 11) is -1.92. The van der Waals surface area contributed by atoms with Crippen molar-refractivity contribution < 1.29 is 17.9 Å². The van der Waals surface area contributed by atoms with Crippen molar-refractivity contribution in [3.8, 4) is 5.75 Å². The Labute approximate surface area is 184 Å². The Bertz CT molecular complexity index is 1010. The minimum atomic E-state index is -3.56. The van der Waals surface area contributed by atoms with E-state index in [0.29, 0.717) is 25.2 Å². The molecule has 31 heavy (non-hydrogen) atoms. The summed E-state index contributed by atoms with van der Waals surface area (Å²) < 4.78 is 32.7. The molecule has 0 spiro atoms. The van der Waals surface area contributed by atoms with E-state index in [1.165, 1.54) is 4.31 Å². The minimum absolute atomic E-state index is 0.0280. The van der Waals surface area contributed by atoms with Crippen molar-refractivity contribution in [1.82, 2.24) is 9.21 Å². The van der Waals surface area contributed by atoms with Crippen LogP contribution in [0.5, 0.6) is 5.75 Å². The van der Waals surface area contributed by atoms with Gasteiger partial charge >= 0.3 is 0 Å². The Morgan fingerprint density at radius 2 is 1.65 bits per heavy atom. The normalized spacial score (nSPS) is 20.4. The quantitative estimate of drug-likeness (QED) is 0.695. The van der Waals surface area contributed by atoms with Gasteiger partial charge in [-0.25, -0.2) is 8.42 Å². The van der Waals surface area contributed by atoms with E-state index in [1.807, 2.05) is 29.2 Å². The SMILES string of the molecule is COc1ccc([C@H]2CCCCCN2C(=O)c2cccc(S(=O)(=O)N3CCCC3)c2)cc1. The molecule has 0 unspecified atom stereocenters. The molecule has 1 atom stereocenters. The fraction of sp³-hybridized carbons (Fsp3) is 0.458. The minimum Gasteiger partial charge on any atom is -0.497 e. The number of hydrogen-bond donors (Lipinski definition) is 0. The topological polar surface area (TPSA) is 66.9 Å². The summed E-state index contributed by atoms with van der Waals surface area (Å²) >= 11 is 0. The summed E-state index contributed by atoms with van der Waals surface area (Å²) in [5.41, 5.74) is 1.51. The van der Waals surface area contributed by atoms with Gasteiger partial charge in [0, 0.05) is 25.2 Å². The van der Waals surface area contributed by atoms with Gasteiger partial charge in [-0.3, -0.25) is 4.79 Å². The van der Waals surface area contributed by atoms with Crippen LogP contribution in [0.1, 0.15) is 60.5 Å². The molecular weight excluding hydrogens is 412 g/mol. The summed E-state index contributed by atoms with van der Waals surface area (Å²) in [5.74, 6) is 0.677. The number of methoxy groups -OCH3 is 1. The number of benzene rings is 2. The zero-order valence-corrected chi connectivity index (χ0v) is 18.8. The predicted molar refractivity (Wildman–Crippen MR) is 120 cm³/mol. The van der Waals surface area contributed by atoms with E-state index in [2.05, 4.69) is 0 Å². The lowest BCUT2D eigenvalue weighted by Crippen LogP contribution is -2.35. The summed E-state index contributed by atoms with van der Waals surface area (Å²) in [4.78, 5) is 15.7. The smallest absolute Gasteiger partial charge is 0.254 e. The van der Waals surface area contributed by atoms with Gasteiger partial charge in [0.2, 0.25) is 10.0 Å². The summed E-state index contributed by atoms with van der Waals surface area (Å²) in [5, 5.41) is 0. The molecule has 166 valence electrons. The third-order valence-electron chi connectivity index (χ3n) is 6.30. The van der Waals surface area contributed by atoms with Crippen molar-refractivity contribution in [2.75, 3.05) is 26.7 Å². The van der Waals surface area contributed by atoms with Crippen molar-refractivity contribution >= 4 is 15.9 Å². The second-order valence-electron chi connectivity index (χ2n) is 8.28. The maximum atomic E-state index is 13.6. The molecule has 0 aromatic heterocycles. The number of carbonyl (C=O) groups is 1. The van der Waals surface area contributed by atoms with Crippen molar-refractivity contribution in [1.29, 1.82) is 0 Å². The van der Waals surface area contributed by atoms with E-state index in [-0.39, 0.29) is 16.8 Å². The Balaban J connectivity index is 1.63. The number of carbonyl (C=O) groups excluding carboxylic acids is 1. The lowest BCUT2D eigenvalue weighted by molar-refractivity contribution is 0.0680. The first-order chi connectivity index (χ1) is 15.0. The molecule has 2 aromatic carbocycles. The zero-order valence-electron chi connectivity index (χ0n) is 18.0. The van der Waals surface area contributed by atoms with Gasteiger partial charge < -0.3 is 9.64 Å². The molecule has 2 aliphatic rings. The van der Waals surface area contributed by atoms with E-state index in [1.54, 1.807) is 31.4 Å². The number of sulfonamides is 1. The number of rotatable bonds is 5. The molecule has 2 heterocycles. The maximum Gasteiger partial charge on any atom is 0.254 e. The van der Waals surface area contributed by atoms with Crippen LogP contribution in [0, 0.1) is 0 Å². The first kappa shape index (κ1) is 21.8. The third-order valence-corrected chi connectivity index (χ3v) is 8.19. The molecular formula is C24H30N2O4S. The van der Waals surface area contributed by atoms with Crippen molar-refractivity contribution in [2.24, 2.45) is 0 Å². The average molecular weight is 443 g/mol. The molecule has 0 saturated carbocycles. The highest BCUT2D eigenvalue weighted by molar-refractivity contribution is 7.89. The van der Waals surface area contributed by atoms with Gasteiger partial charge in [0.05, 0.1) is 18.0 Å². The van der Waals surface area contributed by atoms with E-state index < -0.39 is 10.0 Å². The van der Waals surface area contributed by atoms with E-state index >= 15 is 0 Å². The van der Waals surface area contributed by atoms with Crippen molar-refractivity contribution in [2.45, 2.75) is 49.5 Å². The number of likely N-dealkylation sites (tertiary alicyclic amines) is 1. The van der Waals surface area contributed by atoms with Crippen LogP contribution in [-0.4, -0.2) is 50.3 Å². The molecule has 2 fully saturated rings. The number of hydrogen-bond acceptors (Lipinski definition) is 4. The van der Waals surface area contributed by atoms with Crippen LogP contribution in [0.2, 0.25) is 0 Å². The van der Waals surface area contributed by atoms with Gasteiger partial charge in [-0.05, 0) is 61.6 Å². The van der Waals surface area contributed by atoms with Gasteiger partial charge in [-0.1, -0.05) is 31.0 Å². The van der Waals surface area contributed by atoms with Crippen LogP contribution in [-0.2, 0) is 10.0 Å². The largest absolute Gasteiger partial charge is 0.497 e. The molecule has 0 N–H and O–H groups in total. The van der Waals surface area contributed by atoms with Crippen LogP contribution in [0.4, 0.5) is 0 Å². The van der Waals surface area contributed by atoms with E-state index in [4.69, 9.17) is 4.74 Å². The Morgan fingerprint density at radius 3 is 2.35 bits per heavy atom. The van der Waals surface area contributed by atoms with Crippen LogP contribution in [0.25, 0.3) is 0 Å². The highest BCUT2D eigenvalue weighted by Gasteiger charge is 2.30. The first-order valence-electron chi connectivity index (χ1n) is 11.1. The highest BCUT2D eigenvalue weighted by atomic mass is 32.2. The Hall–Kier alpha value is -2.38. The second kappa shape index (κ2) is 9.40. The van der Waals surface area contributed by atoms with Crippen LogP contribution < -0.4 is 4.74 Å². The number of ether oxygens (including phenoxy) is 1. The molecule has 2 aromatic rings. The van der Waals surface area contributed by atoms with Gasteiger partial charge in [0.25, 0.3) is 5.91 Å². The summed E-state index contributed by atoms with van der Waals surface area (Å²) in [6, 6.07) is 14.4. The first-order valence-corrected chi connectivity index (χ1v) is 12.5. The predicted octanol–water partition coefficient (Wildman–Crippen LogP) is 4.24. The maximum absolute atomic E-state index is 13.6. The van der Waals surface area contributed by atoms with Crippen LogP contribution >= 0.6 is 0 Å². The third kappa shape index (κ3) is 4.62. The molecule has 1 amide bonds. The zero-order chi connectivity index (χ0) is 21.8. The molecule has 4 rings (SSSR count). The molecule has 0 radical (unpaired) electrons. The molecule has 7 heteroatoms. The monoisotopic (exact) mass is 442 g/mol. The standard InChI is InChI=1S/C24H30N2O4S/c1-30-21-13-11-19(12-14-21)23-10-3-2-4-17-26(23)24(27)20-8-7-9-22(18-20)31(28,29)25-15-5-6-16-25/h7-9,11-14,18,23H,2-6,10,15-17H2,1H3/t23-/m1/s1. The van der Waals surface area contributed by atoms with Gasteiger partial charge in [0.1, 0.15) is 5.75 Å². The molecule has 6 nitrogen and oxygen atoms in total. The van der Waals surface area contributed by atoms with E-state index in [0.717, 1.165) is 49.8 Å². The summed E-state index contributed by atoms with van der Waals surface area (Å²) in [6.45, 7) is 1.76. The van der Waals surface area contributed by atoms with Crippen molar-refractivity contribution in [3.05, 3.63) is 59.7 Å². The average Bonchev–Trinajstić information content (AvgIpc) is 3.25. The lowest BCUT2D eigenvalue weighted by Gasteiger charge is -2.31. The fourth-order valence-corrected chi connectivity index (χ4v) is 6.12. The number of amides is 1. The lowest BCUT2D eigenvalue weighted by atomic mass is 10.00. The van der Waals surface area contributed by atoms with Crippen LogP contribution in [0.3, 0.4) is 0 Å². The highest BCUT2D eigenvalue weighted by Crippen LogP contribution is 2.33. The van der Waals surface area contributed by atoms with Gasteiger partial charge in [0.15, 0.2) is 0 Å². The molecule has 2 aliphatic heterocycles. The van der Waals surface area contributed by atoms with Crippen LogP contribution in [0.15, 0.2) is 53.4 Å². The Morgan fingerprint density at radius 1 is 0.935 bits per heavy atom. The second-order valence-corrected chi connectivity index (χ2v) is 10.2. The molecule has 2 saturated heterocycles. The fourth-order valence-electron chi connectivity index (χ4n) is 4.56. The number of nitrogens with zero attached hydrogens (tertiary/aromatic N) is 2. The Kier molecular flexibility index (Phi) is 6.62. The molecule has 0 aliphatic carbocycles. The van der Waals surface area contributed by atoms with Gasteiger partial charge in [-0.2, -0.15) is 4.31 Å². The van der Waals surface area contributed by atoms with E-state index in [9.17, 15) is 13.2 Å². The summed E-state index contributed by atoms with van der Waals surface area (Å²) in [6.07, 6.45) is 5.75.